The van der Waals surface area contributed by atoms with Gasteiger partial charge in [-0.1, -0.05) is 60.7 Å². The summed E-state index contributed by atoms with van der Waals surface area (Å²) >= 11 is 0. The van der Waals surface area contributed by atoms with Crippen LogP contribution in [0.5, 0.6) is 0 Å². The molecule has 1 aromatic heterocycles. The molecule has 3 rings (SSSR count). The van der Waals surface area contributed by atoms with Gasteiger partial charge in [0.15, 0.2) is 0 Å². The average Bonchev–Trinajstić information content (AvgIpc) is 2.63. The van der Waals surface area contributed by atoms with Crippen molar-refractivity contribution in [3.63, 3.8) is 0 Å². The highest BCUT2D eigenvalue weighted by atomic mass is 16.1. The van der Waals surface area contributed by atoms with Crippen molar-refractivity contribution < 1.29 is 4.79 Å². The minimum Gasteiger partial charge on any atom is -0.368 e. The normalized spacial score (nSPS) is 10.7. The van der Waals surface area contributed by atoms with Gasteiger partial charge in [-0.3, -0.25) is 4.79 Å². The first kappa shape index (κ1) is 16.6. The van der Waals surface area contributed by atoms with E-state index >= 15 is 0 Å². The summed E-state index contributed by atoms with van der Waals surface area (Å²) in [6.07, 6.45) is 0. The van der Waals surface area contributed by atoms with E-state index in [2.05, 4.69) is 15.3 Å². The van der Waals surface area contributed by atoms with Crippen LogP contribution in [0.1, 0.15) is 38.8 Å². The number of carbonyl (C=O) groups is 1. The summed E-state index contributed by atoms with van der Waals surface area (Å²) in [7, 11) is 1.60. The van der Waals surface area contributed by atoms with Crippen molar-refractivity contribution in [2.75, 3.05) is 12.8 Å². The monoisotopic (exact) mass is 332 g/mol. The molecule has 5 heteroatoms. The molecule has 0 aliphatic carbocycles. The van der Waals surface area contributed by atoms with Crippen LogP contribution < -0.4 is 11.1 Å². The molecule has 2 aromatic carbocycles. The van der Waals surface area contributed by atoms with Crippen LogP contribution >= 0.6 is 0 Å². The molecule has 0 spiro atoms. The number of aryl methyl sites for hydroxylation is 1. The zero-order valence-corrected chi connectivity index (χ0v) is 14.2. The second kappa shape index (κ2) is 7.13. The largest absolute Gasteiger partial charge is 0.368 e. The third-order valence-electron chi connectivity index (χ3n) is 4.13. The van der Waals surface area contributed by atoms with Gasteiger partial charge in [0.2, 0.25) is 5.95 Å². The number of aromatic nitrogens is 2. The minimum atomic E-state index is -0.218. The molecule has 0 aliphatic rings. The van der Waals surface area contributed by atoms with Crippen LogP contribution in [0.4, 0.5) is 5.95 Å². The molecule has 25 heavy (non-hydrogen) atoms. The van der Waals surface area contributed by atoms with Crippen LogP contribution in [0.3, 0.4) is 0 Å². The van der Waals surface area contributed by atoms with Gasteiger partial charge in [-0.2, -0.15) is 0 Å². The van der Waals surface area contributed by atoms with Crippen molar-refractivity contribution >= 4 is 11.9 Å². The Hall–Kier alpha value is -3.21. The third kappa shape index (κ3) is 3.35. The Morgan fingerprint density at radius 1 is 0.960 bits per heavy atom. The standard InChI is InChI=1S/C20H20N4O/c1-13-16(19(25)22-2)18(24-20(21)23-13)17(14-9-5-3-6-10-14)15-11-7-4-8-12-15/h3-12,17H,1-2H3,(H,22,25)(H2,21,23,24). The molecule has 0 bridgehead atoms. The smallest absolute Gasteiger partial charge is 0.254 e. The Morgan fingerprint density at radius 2 is 1.48 bits per heavy atom. The second-order valence-corrected chi connectivity index (χ2v) is 5.76. The Labute approximate surface area is 146 Å². The molecule has 5 nitrogen and oxygen atoms in total. The number of hydrogen-bond acceptors (Lipinski definition) is 4. The number of carbonyl (C=O) groups excluding carboxylic acids is 1. The highest BCUT2D eigenvalue weighted by molar-refractivity contribution is 5.96. The molecule has 0 aliphatic heterocycles. The lowest BCUT2D eigenvalue weighted by Gasteiger charge is -2.21. The number of rotatable bonds is 4. The molecule has 0 saturated carbocycles. The minimum absolute atomic E-state index is 0.164. The first-order valence-corrected chi connectivity index (χ1v) is 8.07. The van der Waals surface area contributed by atoms with Crippen LogP contribution in [0.15, 0.2) is 60.7 Å². The topological polar surface area (TPSA) is 80.9 Å². The van der Waals surface area contributed by atoms with E-state index in [-0.39, 0.29) is 17.8 Å². The van der Waals surface area contributed by atoms with Gasteiger partial charge in [0.25, 0.3) is 5.91 Å². The van der Waals surface area contributed by atoms with Crippen molar-refractivity contribution in [1.29, 1.82) is 0 Å². The van der Waals surface area contributed by atoms with Crippen molar-refractivity contribution in [2.45, 2.75) is 12.8 Å². The molecule has 0 fully saturated rings. The Kier molecular flexibility index (Phi) is 4.75. The van der Waals surface area contributed by atoms with Gasteiger partial charge in [-0.15, -0.1) is 0 Å². The van der Waals surface area contributed by atoms with E-state index in [1.807, 2.05) is 60.7 Å². The highest BCUT2D eigenvalue weighted by Crippen LogP contribution is 2.33. The number of nitrogens with zero attached hydrogens (tertiary/aromatic N) is 2. The molecule has 0 saturated heterocycles. The zero-order chi connectivity index (χ0) is 17.8. The molecule has 0 radical (unpaired) electrons. The maximum atomic E-state index is 12.5. The van der Waals surface area contributed by atoms with Gasteiger partial charge in [-0.25, -0.2) is 9.97 Å². The van der Waals surface area contributed by atoms with Gasteiger partial charge >= 0.3 is 0 Å². The third-order valence-corrected chi connectivity index (χ3v) is 4.13. The molecule has 1 heterocycles. The summed E-state index contributed by atoms with van der Waals surface area (Å²) in [5, 5.41) is 2.68. The first-order valence-electron chi connectivity index (χ1n) is 8.07. The van der Waals surface area contributed by atoms with E-state index in [1.165, 1.54) is 0 Å². The summed E-state index contributed by atoms with van der Waals surface area (Å²) in [6, 6.07) is 19.9. The SMILES string of the molecule is CNC(=O)c1c(C)nc(N)nc1C(c1ccccc1)c1ccccc1. The number of anilines is 1. The lowest BCUT2D eigenvalue weighted by atomic mass is 9.85. The number of nitrogens with one attached hydrogen (secondary N) is 1. The molecule has 126 valence electrons. The van der Waals surface area contributed by atoms with Crippen molar-refractivity contribution in [1.82, 2.24) is 15.3 Å². The molecule has 1 amide bonds. The van der Waals surface area contributed by atoms with Gasteiger partial charge in [0, 0.05) is 7.05 Å². The van der Waals surface area contributed by atoms with Crippen LogP contribution in [0.25, 0.3) is 0 Å². The van der Waals surface area contributed by atoms with Gasteiger partial charge in [-0.05, 0) is 18.1 Å². The van der Waals surface area contributed by atoms with E-state index in [0.717, 1.165) is 11.1 Å². The van der Waals surface area contributed by atoms with Crippen LogP contribution in [-0.2, 0) is 0 Å². The number of nitrogens with two attached hydrogens (primary N) is 1. The number of hydrogen-bond donors (Lipinski definition) is 2. The summed E-state index contributed by atoms with van der Waals surface area (Å²) in [5.41, 5.74) is 9.63. The van der Waals surface area contributed by atoms with Crippen molar-refractivity contribution in [3.8, 4) is 0 Å². The second-order valence-electron chi connectivity index (χ2n) is 5.76. The zero-order valence-electron chi connectivity index (χ0n) is 14.2. The fourth-order valence-electron chi connectivity index (χ4n) is 3.03. The van der Waals surface area contributed by atoms with Crippen molar-refractivity contribution in [2.24, 2.45) is 0 Å². The Bertz CT molecular complexity index is 839. The van der Waals surface area contributed by atoms with Crippen LogP contribution in [0.2, 0.25) is 0 Å². The lowest BCUT2D eigenvalue weighted by Crippen LogP contribution is -2.24. The first-order chi connectivity index (χ1) is 12.1. The van der Waals surface area contributed by atoms with E-state index in [0.29, 0.717) is 17.0 Å². The summed E-state index contributed by atoms with van der Waals surface area (Å²) in [5.74, 6) is -0.264. The predicted octanol–water partition coefficient (Wildman–Crippen LogP) is 2.91. The molecule has 0 atom stereocenters. The molecule has 3 aromatic rings. The van der Waals surface area contributed by atoms with E-state index in [1.54, 1.807) is 14.0 Å². The van der Waals surface area contributed by atoms with E-state index in [4.69, 9.17) is 5.73 Å². The molecule has 0 unspecified atom stereocenters. The highest BCUT2D eigenvalue weighted by Gasteiger charge is 2.26. The lowest BCUT2D eigenvalue weighted by molar-refractivity contribution is 0.0960. The average molecular weight is 332 g/mol. The van der Waals surface area contributed by atoms with Gasteiger partial charge < -0.3 is 11.1 Å². The maximum Gasteiger partial charge on any atom is 0.254 e. The van der Waals surface area contributed by atoms with E-state index < -0.39 is 0 Å². The molecule has 3 N–H and O–H groups in total. The molecular formula is C20H20N4O. The number of amides is 1. The predicted molar refractivity (Wildman–Crippen MR) is 98.4 cm³/mol. The summed E-state index contributed by atoms with van der Waals surface area (Å²) in [4.78, 5) is 21.1. The fourth-order valence-corrected chi connectivity index (χ4v) is 3.03. The Morgan fingerprint density at radius 3 is 1.96 bits per heavy atom. The maximum absolute atomic E-state index is 12.5. The summed E-state index contributed by atoms with van der Waals surface area (Å²) < 4.78 is 0. The fraction of sp³-hybridized carbons (Fsp3) is 0.150. The summed E-state index contributed by atoms with van der Waals surface area (Å²) in [6.45, 7) is 1.78. The molecular weight excluding hydrogens is 312 g/mol. The van der Waals surface area contributed by atoms with E-state index in [9.17, 15) is 4.79 Å². The number of nitrogen functional groups attached to an aromatic ring is 1. The number of benzene rings is 2. The van der Waals surface area contributed by atoms with Crippen LogP contribution in [-0.4, -0.2) is 22.9 Å². The Balaban J connectivity index is 2.29. The quantitative estimate of drug-likeness (QED) is 0.770. The van der Waals surface area contributed by atoms with Gasteiger partial charge in [0.1, 0.15) is 0 Å². The van der Waals surface area contributed by atoms with Crippen LogP contribution in [0, 0.1) is 6.92 Å². The van der Waals surface area contributed by atoms with Gasteiger partial charge in [0.05, 0.1) is 22.9 Å². The van der Waals surface area contributed by atoms with Crippen molar-refractivity contribution in [3.05, 3.63) is 88.7 Å².